The monoisotopic (exact) mass is 481 g/mol. The number of benzene rings is 2. The van der Waals surface area contributed by atoms with Gasteiger partial charge in [-0.1, -0.05) is 23.7 Å². The van der Waals surface area contributed by atoms with Crippen LogP contribution in [-0.2, 0) is 4.74 Å². The number of nitrogens with one attached hydrogen (secondary N) is 1. The second kappa shape index (κ2) is 9.22. The standard InChI is InChI=1S/C23H20ClN5O3S/c24-18-11-16(3-6-21(18)28-7-9-32-10-8-28)26-23-27-20(13-33-23)15-1-4-17(5-2-15)29-12-19(22(30)31)25-14-29/h1-6,11-14H,7-10H2,(H,26,27)(H,30,31). The van der Waals surface area contributed by atoms with Crippen LogP contribution in [0.2, 0.25) is 5.02 Å². The fourth-order valence-corrected chi connectivity index (χ4v) is 4.65. The average Bonchev–Trinajstić information content (AvgIpc) is 3.50. The number of nitrogens with zero attached hydrogens (tertiary/aromatic N) is 4. The maximum Gasteiger partial charge on any atom is 0.356 e. The molecule has 0 spiro atoms. The van der Waals surface area contributed by atoms with Crippen LogP contribution in [0.25, 0.3) is 16.9 Å². The molecule has 3 heterocycles. The summed E-state index contributed by atoms with van der Waals surface area (Å²) in [5.41, 5.74) is 4.53. The maximum absolute atomic E-state index is 11.0. The number of carbonyl (C=O) groups is 1. The molecule has 0 radical (unpaired) electrons. The largest absolute Gasteiger partial charge is 0.476 e. The summed E-state index contributed by atoms with van der Waals surface area (Å²) in [7, 11) is 0. The summed E-state index contributed by atoms with van der Waals surface area (Å²) in [6.07, 6.45) is 2.97. The summed E-state index contributed by atoms with van der Waals surface area (Å²) in [6.45, 7) is 3.10. The normalized spacial score (nSPS) is 13.8. The fraction of sp³-hybridized carbons (Fsp3) is 0.174. The Morgan fingerprint density at radius 1 is 1.15 bits per heavy atom. The molecule has 1 aliphatic rings. The van der Waals surface area contributed by atoms with Gasteiger partial charge in [-0.2, -0.15) is 0 Å². The smallest absolute Gasteiger partial charge is 0.356 e. The van der Waals surface area contributed by atoms with Gasteiger partial charge in [0, 0.05) is 41.6 Å². The van der Waals surface area contributed by atoms with E-state index in [1.54, 1.807) is 4.57 Å². The van der Waals surface area contributed by atoms with Crippen LogP contribution in [-0.4, -0.2) is 51.9 Å². The van der Waals surface area contributed by atoms with E-state index in [4.69, 9.17) is 21.4 Å². The van der Waals surface area contributed by atoms with Crippen LogP contribution >= 0.6 is 22.9 Å². The first kappa shape index (κ1) is 21.4. The zero-order chi connectivity index (χ0) is 22.8. The Kier molecular flexibility index (Phi) is 5.99. The molecule has 10 heteroatoms. The summed E-state index contributed by atoms with van der Waals surface area (Å²) in [4.78, 5) is 21.8. The molecule has 1 saturated heterocycles. The molecule has 5 rings (SSSR count). The molecular formula is C23H20ClN5O3S. The van der Waals surface area contributed by atoms with Crippen molar-refractivity contribution >= 4 is 45.4 Å². The highest BCUT2D eigenvalue weighted by molar-refractivity contribution is 7.14. The number of ether oxygens (including phenoxy) is 1. The van der Waals surface area contributed by atoms with E-state index in [0.717, 1.165) is 46.5 Å². The number of anilines is 3. The van der Waals surface area contributed by atoms with Gasteiger partial charge >= 0.3 is 5.97 Å². The predicted octanol–water partition coefficient (Wildman–Crippen LogP) is 4.93. The lowest BCUT2D eigenvalue weighted by atomic mass is 10.1. The number of rotatable bonds is 6. The van der Waals surface area contributed by atoms with Crippen molar-refractivity contribution in [2.24, 2.45) is 0 Å². The summed E-state index contributed by atoms with van der Waals surface area (Å²) in [5, 5.41) is 15.8. The third-order valence-electron chi connectivity index (χ3n) is 5.32. The first-order valence-electron chi connectivity index (χ1n) is 10.3. The molecule has 168 valence electrons. The number of morpholine rings is 1. The summed E-state index contributed by atoms with van der Waals surface area (Å²) < 4.78 is 7.08. The molecular weight excluding hydrogens is 462 g/mol. The quantitative estimate of drug-likeness (QED) is 0.403. The summed E-state index contributed by atoms with van der Waals surface area (Å²) in [5.74, 6) is -1.05. The molecule has 0 amide bonds. The summed E-state index contributed by atoms with van der Waals surface area (Å²) in [6, 6.07) is 13.6. The Labute approximate surface area is 199 Å². The lowest BCUT2D eigenvalue weighted by Crippen LogP contribution is -2.36. The van der Waals surface area contributed by atoms with Gasteiger partial charge in [-0.3, -0.25) is 0 Å². The lowest BCUT2D eigenvalue weighted by molar-refractivity contribution is 0.0691. The molecule has 2 N–H and O–H groups in total. The van der Waals surface area contributed by atoms with Crippen molar-refractivity contribution in [1.82, 2.24) is 14.5 Å². The van der Waals surface area contributed by atoms with E-state index in [2.05, 4.69) is 20.2 Å². The minimum absolute atomic E-state index is 0.00683. The molecule has 2 aromatic carbocycles. The van der Waals surface area contributed by atoms with Crippen LogP contribution in [0.4, 0.5) is 16.5 Å². The van der Waals surface area contributed by atoms with Crippen LogP contribution in [0.15, 0.2) is 60.4 Å². The van der Waals surface area contributed by atoms with Gasteiger partial charge in [-0.25, -0.2) is 14.8 Å². The van der Waals surface area contributed by atoms with Gasteiger partial charge in [0.15, 0.2) is 10.8 Å². The van der Waals surface area contributed by atoms with Crippen molar-refractivity contribution in [3.8, 4) is 16.9 Å². The van der Waals surface area contributed by atoms with Gasteiger partial charge < -0.3 is 24.6 Å². The number of halogens is 1. The van der Waals surface area contributed by atoms with Crippen LogP contribution in [0.1, 0.15) is 10.5 Å². The van der Waals surface area contributed by atoms with Gasteiger partial charge in [0.1, 0.15) is 6.33 Å². The Hall–Kier alpha value is -3.40. The molecule has 0 bridgehead atoms. The summed E-state index contributed by atoms with van der Waals surface area (Å²) >= 11 is 8.05. The van der Waals surface area contributed by atoms with E-state index in [1.807, 2.05) is 47.8 Å². The molecule has 4 aromatic rings. The first-order chi connectivity index (χ1) is 16.1. The number of carboxylic acid groups (broad SMARTS) is 1. The minimum atomic E-state index is -1.05. The Morgan fingerprint density at radius 2 is 1.94 bits per heavy atom. The van der Waals surface area contributed by atoms with Crippen LogP contribution in [0.3, 0.4) is 0 Å². The number of hydrogen-bond acceptors (Lipinski definition) is 7. The molecule has 0 unspecified atom stereocenters. The molecule has 0 aliphatic carbocycles. The molecule has 0 atom stereocenters. The van der Waals surface area contributed by atoms with Crippen molar-refractivity contribution in [2.45, 2.75) is 0 Å². The topological polar surface area (TPSA) is 92.5 Å². The second-order valence-electron chi connectivity index (χ2n) is 7.45. The van der Waals surface area contributed by atoms with Gasteiger partial charge in [0.25, 0.3) is 0 Å². The highest BCUT2D eigenvalue weighted by atomic mass is 35.5. The first-order valence-corrected chi connectivity index (χ1v) is 11.6. The minimum Gasteiger partial charge on any atom is -0.476 e. The van der Waals surface area contributed by atoms with E-state index in [-0.39, 0.29) is 5.69 Å². The van der Waals surface area contributed by atoms with Gasteiger partial charge in [0.2, 0.25) is 0 Å². The molecule has 0 saturated carbocycles. The molecule has 33 heavy (non-hydrogen) atoms. The van der Waals surface area contributed by atoms with Crippen molar-refractivity contribution in [3.63, 3.8) is 0 Å². The van der Waals surface area contributed by atoms with Crippen LogP contribution in [0, 0.1) is 0 Å². The van der Waals surface area contributed by atoms with Crippen molar-refractivity contribution in [2.75, 3.05) is 36.5 Å². The SMILES string of the molecule is O=C(O)c1cn(-c2ccc(-c3csc(Nc4ccc(N5CCOCC5)c(Cl)c4)n3)cc2)cn1. The third-order valence-corrected chi connectivity index (χ3v) is 6.38. The van der Waals surface area contributed by atoms with Gasteiger partial charge in [-0.05, 0) is 30.3 Å². The maximum atomic E-state index is 11.0. The number of aromatic nitrogens is 3. The van der Waals surface area contributed by atoms with Gasteiger partial charge in [0.05, 0.1) is 29.6 Å². The van der Waals surface area contributed by atoms with E-state index in [9.17, 15) is 4.79 Å². The van der Waals surface area contributed by atoms with E-state index in [0.29, 0.717) is 18.2 Å². The highest BCUT2D eigenvalue weighted by Gasteiger charge is 2.15. The Morgan fingerprint density at radius 3 is 2.64 bits per heavy atom. The van der Waals surface area contributed by atoms with E-state index < -0.39 is 5.97 Å². The lowest BCUT2D eigenvalue weighted by Gasteiger charge is -2.29. The van der Waals surface area contributed by atoms with Crippen LogP contribution < -0.4 is 10.2 Å². The number of hydrogen-bond donors (Lipinski definition) is 2. The zero-order valence-electron chi connectivity index (χ0n) is 17.4. The Balaban J connectivity index is 1.28. The highest BCUT2D eigenvalue weighted by Crippen LogP contribution is 2.32. The molecule has 1 fully saturated rings. The second-order valence-corrected chi connectivity index (χ2v) is 8.71. The molecule has 1 aliphatic heterocycles. The molecule has 8 nitrogen and oxygen atoms in total. The Bertz CT molecular complexity index is 1280. The zero-order valence-corrected chi connectivity index (χ0v) is 19.0. The number of thiazole rings is 1. The van der Waals surface area contributed by atoms with Crippen molar-refractivity contribution < 1.29 is 14.6 Å². The van der Waals surface area contributed by atoms with Crippen molar-refractivity contribution in [3.05, 3.63) is 71.1 Å². The van der Waals surface area contributed by atoms with E-state index in [1.165, 1.54) is 23.9 Å². The van der Waals surface area contributed by atoms with Gasteiger partial charge in [-0.15, -0.1) is 11.3 Å². The van der Waals surface area contributed by atoms with Crippen LogP contribution in [0.5, 0.6) is 0 Å². The number of imidazole rings is 1. The number of aromatic carboxylic acids is 1. The van der Waals surface area contributed by atoms with E-state index >= 15 is 0 Å². The fourth-order valence-electron chi connectivity index (χ4n) is 3.61. The average molecular weight is 482 g/mol. The number of carboxylic acids is 1. The third kappa shape index (κ3) is 4.70. The van der Waals surface area contributed by atoms with Crippen molar-refractivity contribution in [1.29, 1.82) is 0 Å². The predicted molar refractivity (Wildman–Crippen MR) is 129 cm³/mol. The molecule has 2 aromatic heterocycles.